The number of halogens is 1. The first-order chi connectivity index (χ1) is 9.34. The fourth-order valence-corrected chi connectivity index (χ4v) is 4.38. The van der Waals surface area contributed by atoms with E-state index in [1.807, 2.05) is 6.92 Å². The highest BCUT2D eigenvalue weighted by atomic mass is 32.2. The van der Waals surface area contributed by atoms with E-state index >= 15 is 0 Å². The number of anilines is 1. The number of hydrogen-bond acceptors (Lipinski definition) is 3. The van der Waals surface area contributed by atoms with Gasteiger partial charge >= 0.3 is 0 Å². The average Bonchev–Trinajstić information content (AvgIpc) is 2.58. The van der Waals surface area contributed by atoms with Crippen molar-refractivity contribution in [3.05, 3.63) is 23.5 Å². The molecule has 1 aromatic carbocycles. The number of rotatable bonds is 2. The molecular formula is C14H21FN2O2S. The molecule has 2 rings (SSSR count). The number of hydrogen-bond donors (Lipinski definition) is 1. The summed E-state index contributed by atoms with van der Waals surface area (Å²) in [6, 6.07) is 2.31. The summed E-state index contributed by atoms with van der Waals surface area (Å²) in [5, 5.41) is 0. The Morgan fingerprint density at radius 3 is 2.70 bits per heavy atom. The predicted octanol–water partition coefficient (Wildman–Crippen LogP) is 2.67. The van der Waals surface area contributed by atoms with Crippen LogP contribution < -0.4 is 5.73 Å². The molecule has 1 aromatic rings. The Morgan fingerprint density at radius 2 is 2.00 bits per heavy atom. The Bertz CT molecular complexity index is 601. The first-order valence-electron chi connectivity index (χ1n) is 6.91. The number of nitrogens with zero attached hydrogens (tertiary/aromatic N) is 1. The van der Waals surface area contributed by atoms with Gasteiger partial charge in [0, 0.05) is 18.3 Å². The quantitative estimate of drug-likeness (QED) is 0.854. The maximum absolute atomic E-state index is 14.0. The minimum Gasteiger partial charge on any atom is -0.398 e. The molecular weight excluding hydrogens is 279 g/mol. The number of sulfonamides is 1. The van der Waals surface area contributed by atoms with E-state index in [9.17, 15) is 12.8 Å². The van der Waals surface area contributed by atoms with Crippen LogP contribution in [0.3, 0.4) is 0 Å². The van der Waals surface area contributed by atoms with Crippen molar-refractivity contribution in [2.75, 3.05) is 12.3 Å². The monoisotopic (exact) mass is 300 g/mol. The van der Waals surface area contributed by atoms with Crippen LogP contribution in [-0.4, -0.2) is 25.3 Å². The largest absolute Gasteiger partial charge is 0.398 e. The zero-order valence-electron chi connectivity index (χ0n) is 11.9. The zero-order valence-corrected chi connectivity index (χ0v) is 12.7. The molecule has 0 aliphatic carbocycles. The third-order valence-electron chi connectivity index (χ3n) is 3.90. The maximum Gasteiger partial charge on any atom is 0.246 e. The molecule has 1 fully saturated rings. The minimum absolute atomic E-state index is 0.107. The molecule has 1 aliphatic heterocycles. The van der Waals surface area contributed by atoms with Crippen molar-refractivity contribution in [2.24, 2.45) is 0 Å². The van der Waals surface area contributed by atoms with Crippen LogP contribution in [-0.2, 0) is 10.0 Å². The summed E-state index contributed by atoms with van der Waals surface area (Å²) in [4.78, 5) is -0.311. The second-order valence-corrected chi connectivity index (χ2v) is 7.31. The second-order valence-electron chi connectivity index (χ2n) is 5.45. The van der Waals surface area contributed by atoms with Crippen molar-refractivity contribution < 1.29 is 12.8 Å². The highest BCUT2D eigenvalue weighted by molar-refractivity contribution is 7.89. The first-order valence-corrected chi connectivity index (χ1v) is 8.35. The molecule has 4 nitrogen and oxygen atoms in total. The van der Waals surface area contributed by atoms with Crippen molar-refractivity contribution >= 4 is 15.7 Å². The van der Waals surface area contributed by atoms with Crippen molar-refractivity contribution in [3.63, 3.8) is 0 Å². The molecule has 0 spiro atoms. The van der Waals surface area contributed by atoms with Gasteiger partial charge in [-0.15, -0.1) is 0 Å². The fraction of sp³-hybridized carbons (Fsp3) is 0.571. The van der Waals surface area contributed by atoms with Gasteiger partial charge < -0.3 is 5.73 Å². The maximum atomic E-state index is 14.0. The van der Waals surface area contributed by atoms with Gasteiger partial charge in [-0.25, -0.2) is 12.8 Å². The third-order valence-corrected chi connectivity index (χ3v) is 5.93. The normalized spacial score (nSPS) is 21.6. The molecule has 0 radical (unpaired) electrons. The van der Waals surface area contributed by atoms with E-state index < -0.39 is 15.8 Å². The zero-order chi connectivity index (χ0) is 14.9. The SMILES string of the molecule is Cc1cc(F)c(S(=O)(=O)N2CCCCCC2C)cc1N. The fourth-order valence-electron chi connectivity index (χ4n) is 2.60. The predicted molar refractivity (Wildman–Crippen MR) is 77.4 cm³/mol. The first kappa shape index (κ1) is 15.3. The molecule has 1 aliphatic rings. The van der Waals surface area contributed by atoms with Crippen LogP contribution in [0.15, 0.2) is 17.0 Å². The number of nitrogens with two attached hydrogens (primary N) is 1. The van der Waals surface area contributed by atoms with Gasteiger partial charge in [0.25, 0.3) is 0 Å². The van der Waals surface area contributed by atoms with Gasteiger partial charge in [-0.2, -0.15) is 4.31 Å². The lowest BCUT2D eigenvalue weighted by molar-refractivity contribution is 0.340. The Labute approximate surface area is 119 Å². The van der Waals surface area contributed by atoms with E-state index in [0.717, 1.165) is 25.7 Å². The van der Waals surface area contributed by atoms with Gasteiger partial charge in [0.15, 0.2) is 0 Å². The Hall–Kier alpha value is -1.14. The molecule has 1 atom stereocenters. The molecule has 0 saturated carbocycles. The lowest BCUT2D eigenvalue weighted by Gasteiger charge is -2.26. The van der Waals surface area contributed by atoms with Crippen LogP contribution in [0.2, 0.25) is 0 Å². The van der Waals surface area contributed by atoms with E-state index in [0.29, 0.717) is 17.8 Å². The number of nitrogen functional groups attached to an aromatic ring is 1. The van der Waals surface area contributed by atoms with Crippen LogP contribution >= 0.6 is 0 Å². The second kappa shape index (κ2) is 5.69. The molecule has 112 valence electrons. The molecule has 6 heteroatoms. The van der Waals surface area contributed by atoms with Crippen LogP contribution in [0.5, 0.6) is 0 Å². The average molecular weight is 300 g/mol. The van der Waals surface area contributed by atoms with E-state index in [-0.39, 0.29) is 10.9 Å². The highest BCUT2D eigenvalue weighted by Crippen LogP contribution is 2.28. The van der Waals surface area contributed by atoms with Crippen molar-refractivity contribution in [3.8, 4) is 0 Å². The van der Waals surface area contributed by atoms with E-state index in [1.54, 1.807) is 6.92 Å². The highest BCUT2D eigenvalue weighted by Gasteiger charge is 2.32. The van der Waals surface area contributed by atoms with Gasteiger partial charge in [-0.05, 0) is 44.4 Å². The van der Waals surface area contributed by atoms with Gasteiger partial charge in [0.1, 0.15) is 10.7 Å². The van der Waals surface area contributed by atoms with Gasteiger partial charge in [0.2, 0.25) is 10.0 Å². The molecule has 1 unspecified atom stereocenters. The molecule has 0 bridgehead atoms. The molecule has 1 heterocycles. The number of benzene rings is 1. The van der Waals surface area contributed by atoms with Crippen LogP contribution in [0.1, 0.15) is 38.2 Å². The summed E-state index contributed by atoms with van der Waals surface area (Å²) in [7, 11) is -3.83. The summed E-state index contributed by atoms with van der Waals surface area (Å²) in [5.41, 5.74) is 6.58. The van der Waals surface area contributed by atoms with Gasteiger partial charge in [0.05, 0.1) is 0 Å². The lowest BCUT2D eigenvalue weighted by atomic mass is 10.1. The van der Waals surface area contributed by atoms with Crippen LogP contribution in [0.4, 0.5) is 10.1 Å². The molecule has 0 aromatic heterocycles. The van der Waals surface area contributed by atoms with Gasteiger partial charge in [-0.3, -0.25) is 0 Å². The minimum atomic E-state index is -3.83. The van der Waals surface area contributed by atoms with Crippen molar-refractivity contribution in [1.29, 1.82) is 0 Å². The third kappa shape index (κ3) is 2.81. The van der Waals surface area contributed by atoms with Crippen molar-refractivity contribution in [1.82, 2.24) is 4.31 Å². The molecule has 20 heavy (non-hydrogen) atoms. The summed E-state index contributed by atoms with van der Waals surface area (Å²) in [6.07, 6.45) is 3.63. The summed E-state index contributed by atoms with van der Waals surface area (Å²) >= 11 is 0. The lowest BCUT2D eigenvalue weighted by Crippen LogP contribution is -2.38. The van der Waals surface area contributed by atoms with E-state index in [1.165, 1.54) is 16.4 Å². The molecule has 0 amide bonds. The number of aryl methyl sites for hydroxylation is 1. The summed E-state index contributed by atoms with van der Waals surface area (Å²) in [5.74, 6) is -0.729. The van der Waals surface area contributed by atoms with Crippen molar-refractivity contribution in [2.45, 2.75) is 50.5 Å². The van der Waals surface area contributed by atoms with Crippen LogP contribution in [0, 0.1) is 12.7 Å². The van der Waals surface area contributed by atoms with E-state index in [2.05, 4.69) is 0 Å². The Morgan fingerprint density at radius 1 is 1.30 bits per heavy atom. The smallest absolute Gasteiger partial charge is 0.246 e. The Kier molecular flexibility index (Phi) is 4.34. The van der Waals surface area contributed by atoms with E-state index in [4.69, 9.17) is 5.73 Å². The standard InChI is InChI=1S/C14H21FN2O2S/c1-10-8-12(15)14(9-13(10)16)20(18,19)17-7-5-3-4-6-11(17)2/h8-9,11H,3-7,16H2,1-2H3. The Balaban J connectivity index is 2.46. The molecule has 1 saturated heterocycles. The van der Waals surface area contributed by atoms with Crippen LogP contribution in [0.25, 0.3) is 0 Å². The summed E-state index contributed by atoms with van der Waals surface area (Å²) in [6.45, 7) is 3.97. The summed E-state index contributed by atoms with van der Waals surface area (Å²) < 4.78 is 40.8. The molecule has 2 N–H and O–H groups in total. The topological polar surface area (TPSA) is 63.4 Å². The van der Waals surface area contributed by atoms with Gasteiger partial charge in [-0.1, -0.05) is 12.8 Å².